The number of piperidine rings is 1. The van der Waals surface area contributed by atoms with Crippen molar-refractivity contribution in [1.29, 1.82) is 0 Å². The fourth-order valence-corrected chi connectivity index (χ4v) is 3.56. The number of anilines is 2. The van der Waals surface area contributed by atoms with Gasteiger partial charge in [-0.05, 0) is 57.0 Å². The first-order chi connectivity index (χ1) is 13.0. The Bertz CT molecular complexity index is 652. The number of carbonyl (C=O) groups excluding carboxylic acids is 2. The summed E-state index contributed by atoms with van der Waals surface area (Å²) in [5.41, 5.74) is 6.62. The van der Waals surface area contributed by atoms with E-state index in [1.54, 1.807) is 12.1 Å². The van der Waals surface area contributed by atoms with Gasteiger partial charge in [0.25, 0.3) is 0 Å². The Morgan fingerprint density at radius 1 is 1.07 bits per heavy atom. The van der Waals surface area contributed by atoms with E-state index in [2.05, 4.69) is 15.5 Å². The molecule has 1 aromatic carbocycles. The van der Waals surface area contributed by atoms with E-state index in [0.29, 0.717) is 43.9 Å². The van der Waals surface area contributed by atoms with Crippen LogP contribution in [0.15, 0.2) is 24.3 Å². The van der Waals surface area contributed by atoms with Gasteiger partial charge in [-0.1, -0.05) is 12.5 Å². The van der Waals surface area contributed by atoms with E-state index in [0.717, 1.165) is 19.6 Å². The summed E-state index contributed by atoms with van der Waals surface area (Å²) in [6.45, 7) is 3.95. The number of rotatable bonds is 6. The van der Waals surface area contributed by atoms with Gasteiger partial charge in [0.1, 0.15) is 5.54 Å². The molecule has 3 rings (SSSR count). The van der Waals surface area contributed by atoms with Gasteiger partial charge < -0.3 is 26.0 Å². The molecule has 0 unspecified atom stereocenters. The summed E-state index contributed by atoms with van der Waals surface area (Å²) in [7, 11) is 0. The molecule has 0 aliphatic carbocycles. The third-order valence-corrected chi connectivity index (χ3v) is 5.35. The first-order valence-corrected chi connectivity index (χ1v) is 9.85. The zero-order chi connectivity index (χ0) is 19.1. The molecule has 0 spiro atoms. The van der Waals surface area contributed by atoms with Crippen molar-refractivity contribution in [2.75, 3.05) is 43.5 Å². The maximum atomic E-state index is 12.5. The van der Waals surface area contributed by atoms with E-state index >= 15 is 0 Å². The van der Waals surface area contributed by atoms with Crippen LogP contribution in [0.1, 0.15) is 38.5 Å². The minimum absolute atomic E-state index is 0.0104. The van der Waals surface area contributed by atoms with E-state index < -0.39 is 5.54 Å². The zero-order valence-corrected chi connectivity index (χ0v) is 15.8. The van der Waals surface area contributed by atoms with Crippen molar-refractivity contribution < 1.29 is 14.3 Å². The van der Waals surface area contributed by atoms with Gasteiger partial charge in [-0.25, -0.2) is 0 Å². The molecule has 27 heavy (non-hydrogen) atoms. The van der Waals surface area contributed by atoms with Crippen LogP contribution in [0, 0.1) is 0 Å². The summed E-state index contributed by atoms with van der Waals surface area (Å²) in [5, 5.41) is 5.79. The lowest BCUT2D eigenvalue weighted by Crippen LogP contribution is -2.54. The molecule has 0 saturated carbocycles. The van der Waals surface area contributed by atoms with E-state index in [-0.39, 0.29) is 11.8 Å². The van der Waals surface area contributed by atoms with Crippen LogP contribution in [0.3, 0.4) is 0 Å². The monoisotopic (exact) mass is 374 g/mol. The highest BCUT2D eigenvalue weighted by atomic mass is 16.5. The third-order valence-electron chi connectivity index (χ3n) is 5.35. The van der Waals surface area contributed by atoms with Crippen molar-refractivity contribution in [1.82, 2.24) is 4.90 Å². The van der Waals surface area contributed by atoms with E-state index in [1.807, 2.05) is 12.1 Å². The molecule has 0 radical (unpaired) electrons. The fraction of sp³-hybridized carbons (Fsp3) is 0.600. The van der Waals surface area contributed by atoms with Crippen molar-refractivity contribution in [3.05, 3.63) is 24.3 Å². The van der Waals surface area contributed by atoms with Crippen molar-refractivity contribution in [3.63, 3.8) is 0 Å². The molecular formula is C20H30N4O3. The molecule has 1 aromatic rings. The highest BCUT2D eigenvalue weighted by Gasteiger charge is 2.35. The Kier molecular flexibility index (Phi) is 6.82. The standard InChI is InChI=1S/C20H30N4O3/c21-20(8-13-27-14-9-20)19(26)23-17-6-4-5-16(15-17)22-18(25)7-12-24-10-2-1-3-11-24/h4-6,15H,1-3,7-14,21H2,(H,22,25)(H,23,26). The Hall–Kier alpha value is -1.96. The Morgan fingerprint density at radius 3 is 2.44 bits per heavy atom. The van der Waals surface area contributed by atoms with Crippen LogP contribution in [0.25, 0.3) is 0 Å². The fourth-order valence-electron chi connectivity index (χ4n) is 3.56. The molecular weight excluding hydrogens is 344 g/mol. The largest absolute Gasteiger partial charge is 0.381 e. The quantitative estimate of drug-likeness (QED) is 0.707. The third kappa shape index (κ3) is 5.76. The molecule has 0 bridgehead atoms. The highest BCUT2D eigenvalue weighted by Crippen LogP contribution is 2.22. The molecule has 2 amide bonds. The Labute approximate surface area is 160 Å². The minimum Gasteiger partial charge on any atom is -0.381 e. The van der Waals surface area contributed by atoms with Gasteiger partial charge in [0.05, 0.1) is 0 Å². The number of benzene rings is 1. The molecule has 2 fully saturated rings. The number of nitrogens with two attached hydrogens (primary N) is 1. The van der Waals surface area contributed by atoms with E-state index in [1.165, 1.54) is 19.3 Å². The molecule has 2 aliphatic rings. The summed E-state index contributed by atoms with van der Waals surface area (Å²) < 4.78 is 5.28. The molecule has 4 N–H and O–H groups in total. The minimum atomic E-state index is -0.897. The second-order valence-corrected chi connectivity index (χ2v) is 7.50. The van der Waals surface area contributed by atoms with Gasteiger partial charge >= 0.3 is 0 Å². The van der Waals surface area contributed by atoms with Crippen LogP contribution < -0.4 is 16.4 Å². The molecule has 0 atom stereocenters. The summed E-state index contributed by atoms with van der Waals surface area (Å²) in [6, 6.07) is 7.19. The number of ether oxygens (including phenoxy) is 1. The summed E-state index contributed by atoms with van der Waals surface area (Å²) in [6.07, 6.45) is 5.22. The molecule has 148 valence electrons. The molecule has 2 saturated heterocycles. The predicted molar refractivity (Wildman–Crippen MR) is 106 cm³/mol. The first kappa shape index (κ1) is 19.8. The first-order valence-electron chi connectivity index (χ1n) is 9.85. The smallest absolute Gasteiger partial charge is 0.244 e. The van der Waals surface area contributed by atoms with Gasteiger partial charge in [-0.15, -0.1) is 0 Å². The average Bonchev–Trinajstić information content (AvgIpc) is 2.68. The van der Waals surface area contributed by atoms with Gasteiger partial charge in [0, 0.05) is 37.6 Å². The Balaban J connectivity index is 1.50. The number of amides is 2. The van der Waals surface area contributed by atoms with Gasteiger partial charge in [-0.3, -0.25) is 9.59 Å². The van der Waals surface area contributed by atoms with Gasteiger partial charge in [0.15, 0.2) is 0 Å². The SMILES string of the molecule is NC1(C(=O)Nc2cccc(NC(=O)CCN3CCCCC3)c2)CCOCC1. The lowest BCUT2D eigenvalue weighted by atomic mass is 9.90. The van der Waals surface area contributed by atoms with E-state index in [4.69, 9.17) is 10.5 Å². The molecule has 7 nitrogen and oxygen atoms in total. The van der Waals surface area contributed by atoms with Crippen molar-refractivity contribution in [3.8, 4) is 0 Å². The maximum Gasteiger partial charge on any atom is 0.244 e. The number of likely N-dealkylation sites (tertiary alicyclic amines) is 1. The van der Waals surface area contributed by atoms with Gasteiger partial charge in [0.2, 0.25) is 11.8 Å². The van der Waals surface area contributed by atoms with Crippen molar-refractivity contribution >= 4 is 23.2 Å². The molecule has 7 heteroatoms. The van der Waals surface area contributed by atoms with E-state index in [9.17, 15) is 9.59 Å². The summed E-state index contributed by atoms with van der Waals surface area (Å²) in [4.78, 5) is 27.1. The van der Waals surface area contributed by atoms with Crippen molar-refractivity contribution in [2.24, 2.45) is 5.73 Å². The van der Waals surface area contributed by atoms with Crippen LogP contribution >= 0.6 is 0 Å². The average molecular weight is 374 g/mol. The number of nitrogens with zero attached hydrogens (tertiary/aromatic N) is 1. The lowest BCUT2D eigenvalue weighted by Gasteiger charge is -2.31. The summed E-state index contributed by atoms with van der Waals surface area (Å²) >= 11 is 0. The molecule has 2 heterocycles. The van der Waals surface area contributed by atoms with Crippen molar-refractivity contribution in [2.45, 2.75) is 44.1 Å². The van der Waals surface area contributed by atoms with Crippen LogP contribution in [0.4, 0.5) is 11.4 Å². The van der Waals surface area contributed by atoms with Crippen LogP contribution in [0.5, 0.6) is 0 Å². The lowest BCUT2D eigenvalue weighted by molar-refractivity contribution is -0.124. The van der Waals surface area contributed by atoms with Crippen LogP contribution in [-0.2, 0) is 14.3 Å². The normalized spacial score (nSPS) is 20.0. The number of hydrogen-bond donors (Lipinski definition) is 3. The number of hydrogen-bond acceptors (Lipinski definition) is 5. The number of nitrogens with one attached hydrogen (secondary N) is 2. The predicted octanol–water partition coefficient (Wildman–Crippen LogP) is 1.95. The Morgan fingerprint density at radius 2 is 1.74 bits per heavy atom. The number of carbonyl (C=O) groups is 2. The topological polar surface area (TPSA) is 96.7 Å². The van der Waals surface area contributed by atoms with Crippen LogP contribution in [0.2, 0.25) is 0 Å². The molecule has 2 aliphatic heterocycles. The zero-order valence-electron chi connectivity index (χ0n) is 15.8. The van der Waals surface area contributed by atoms with Crippen LogP contribution in [-0.4, -0.2) is 55.1 Å². The second-order valence-electron chi connectivity index (χ2n) is 7.50. The van der Waals surface area contributed by atoms with Gasteiger partial charge in [-0.2, -0.15) is 0 Å². The summed E-state index contributed by atoms with van der Waals surface area (Å²) in [5.74, 6) is -0.219. The highest BCUT2D eigenvalue weighted by molar-refractivity contribution is 5.99. The molecule has 0 aromatic heterocycles. The maximum absolute atomic E-state index is 12.5. The second kappa shape index (κ2) is 9.30.